The van der Waals surface area contributed by atoms with Gasteiger partial charge < -0.3 is 14.8 Å². The number of methoxy groups -OCH3 is 1. The number of anilines is 1. The topological polar surface area (TPSA) is 93.9 Å². The molecular formula is C17H25N3O5. The van der Waals surface area contributed by atoms with Crippen LogP contribution < -0.4 is 5.32 Å². The summed E-state index contributed by atoms with van der Waals surface area (Å²) >= 11 is 0. The lowest BCUT2D eigenvalue weighted by atomic mass is 10.1. The van der Waals surface area contributed by atoms with Crippen molar-refractivity contribution in [2.45, 2.75) is 32.5 Å². The molecule has 2 rings (SSSR count). The Morgan fingerprint density at radius 2 is 2.08 bits per heavy atom. The monoisotopic (exact) mass is 351 g/mol. The van der Waals surface area contributed by atoms with Crippen LogP contribution in [0.4, 0.5) is 11.4 Å². The van der Waals surface area contributed by atoms with Crippen LogP contribution in [0.15, 0.2) is 18.2 Å². The molecule has 1 aromatic rings. The summed E-state index contributed by atoms with van der Waals surface area (Å²) in [6.07, 6.45) is 1.41. The minimum Gasteiger partial charge on any atom is -0.465 e. The van der Waals surface area contributed by atoms with Crippen molar-refractivity contribution in [3.05, 3.63) is 33.9 Å². The highest BCUT2D eigenvalue weighted by Gasteiger charge is 2.22. The Hall–Kier alpha value is -2.19. The van der Waals surface area contributed by atoms with Crippen LogP contribution in [-0.2, 0) is 9.47 Å². The van der Waals surface area contributed by atoms with Crippen LogP contribution in [0.3, 0.4) is 0 Å². The first-order chi connectivity index (χ1) is 11.9. The van der Waals surface area contributed by atoms with E-state index in [9.17, 15) is 14.9 Å². The number of hydrogen-bond donors (Lipinski definition) is 1. The number of benzene rings is 1. The van der Waals surface area contributed by atoms with Gasteiger partial charge in [0.25, 0.3) is 5.69 Å². The first-order valence-corrected chi connectivity index (χ1v) is 8.39. The van der Waals surface area contributed by atoms with Gasteiger partial charge in [-0.05, 0) is 32.4 Å². The largest absolute Gasteiger partial charge is 0.465 e. The average Bonchev–Trinajstić information content (AvgIpc) is 2.56. The first kappa shape index (κ1) is 19.1. The minimum absolute atomic E-state index is 0.0478. The van der Waals surface area contributed by atoms with E-state index in [2.05, 4.69) is 28.8 Å². The fourth-order valence-corrected chi connectivity index (χ4v) is 3.08. The first-order valence-electron chi connectivity index (χ1n) is 8.39. The number of esters is 1. The van der Waals surface area contributed by atoms with Crippen LogP contribution in [0, 0.1) is 10.1 Å². The van der Waals surface area contributed by atoms with Gasteiger partial charge in [-0.25, -0.2) is 4.79 Å². The van der Waals surface area contributed by atoms with Gasteiger partial charge in [-0.2, -0.15) is 0 Å². The Morgan fingerprint density at radius 1 is 1.40 bits per heavy atom. The van der Waals surface area contributed by atoms with E-state index in [1.165, 1.54) is 19.2 Å². The number of rotatable bonds is 7. The highest BCUT2D eigenvalue weighted by atomic mass is 16.6. The third-order valence-corrected chi connectivity index (χ3v) is 4.07. The van der Waals surface area contributed by atoms with E-state index in [0.29, 0.717) is 12.2 Å². The zero-order chi connectivity index (χ0) is 18.4. The van der Waals surface area contributed by atoms with E-state index >= 15 is 0 Å². The summed E-state index contributed by atoms with van der Waals surface area (Å²) in [7, 11) is 1.20. The summed E-state index contributed by atoms with van der Waals surface area (Å²) in [5, 5.41) is 14.2. The quantitative estimate of drug-likeness (QED) is 0.348. The number of morpholine rings is 1. The molecule has 1 heterocycles. The van der Waals surface area contributed by atoms with Crippen molar-refractivity contribution in [2.24, 2.45) is 0 Å². The van der Waals surface area contributed by atoms with Crippen LogP contribution in [0.1, 0.15) is 30.6 Å². The zero-order valence-corrected chi connectivity index (χ0v) is 14.9. The second-order valence-electron chi connectivity index (χ2n) is 6.28. The zero-order valence-electron chi connectivity index (χ0n) is 14.9. The molecule has 2 unspecified atom stereocenters. The molecule has 2 atom stereocenters. The van der Waals surface area contributed by atoms with Gasteiger partial charge in [0.05, 0.1) is 24.2 Å². The van der Waals surface area contributed by atoms with Crippen molar-refractivity contribution >= 4 is 17.3 Å². The lowest BCUT2D eigenvalue weighted by Crippen LogP contribution is -2.45. The van der Waals surface area contributed by atoms with E-state index in [-0.39, 0.29) is 23.5 Å². The van der Waals surface area contributed by atoms with E-state index in [4.69, 9.17) is 4.74 Å². The number of nitro benzene ring substituents is 1. The number of nitro groups is 1. The SMILES string of the molecule is COC(=O)c1cc(NCCCN2CC(C)OC(C)C2)ccc1[N+](=O)[O-]. The van der Waals surface area contributed by atoms with E-state index in [1.54, 1.807) is 6.07 Å². The summed E-state index contributed by atoms with van der Waals surface area (Å²) in [4.78, 5) is 24.5. The molecule has 1 N–H and O–H groups in total. The Labute approximate surface area is 147 Å². The van der Waals surface area contributed by atoms with Crippen LogP contribution in [0.25, 0.3) is 0 Å². The lowest BCUT2D eigenvalue weighted by Gasteiger charge is -2.35. The van der Waals surface area contributed by atoms with Crippen molar-refractivity contribution in [3.63, 3.8) is 0 Å². The van der Waals surface area contributed by atoms with E-state index in [1.807, 2.05) is 0 Å². The summed E-state index contributed by atoms with van der Waals surface area (Å²) in [6, 6.07) is 4.38. The van der Waals surface area contributed by atoms with Gasteiger partial charge >= 0.3 is 5.97 Å². The van der Waals surface area contributed by atoms with Crippen LogP contribution >= 0.6 is 0 Å². The number of ether oxygens (including phenoxy) is 2. The maximum Gasteiger partial charge on any atom is 0.344 e. The standard InChI is InChI=1S/C17H25N3O5/c1-12-10-19(11-13(2)25-12)8-4-7-18-14-5-6-16(20(22)23)15(9-14)17(21)24-3/h5-6,9,12-13,18H,4,7-8,10-11H2,1-3H3. The molecule has 1 aromatic carbocycles. The molecule has 0 bridgehead atoms. The Balaban J connectivity index is 1.88. The predicted molar refractivity (Wildman–Crippen MR) is 94.0 cm³/mol. The highest BCUT2D eigenvalue weighted by molar-refractivity contribution is 5.95. The van der Waals surface area contributed by atoms with Gasteiger partial charge in [-0.3, -0.25) is 15.0 Å². The average molecular weight is 351 g/mol. The molecule has 8 heteroatoms. The van der Waals surface area contributed by atoms with Gasteiger partial charge in [0.2, 0.25) is 0 Å². The van der Waals surface area contributed by atoms with Crippen molar-refractivity contribution in [1.82, 2.24) is 4.90 Å². The van der Waals surface area contributed by atoms with Crippen LogP contribution in [-0.4, -0.2) is 61.3 Å². The molecule has 0 radical (unpaired) electrons. The third-order valence-electron chi connectivity index (χ3n) is 4.07. The number of nitrogens with one attached hydrogen (secondary N) is 1. The molecule has 1 aliphatic rings. The van der Waals surface area contributed by atoms with Crippen LogP contribution in [0.2, 0.25) is 0 Å². The summed E-state index contributed by atoms with van der Waals surface area (Å²) in [5.41, 5.74) is 0.358. The van der Waals surface area contributed by atoms with Gasteiger partial charge in [0.1, 0.15) is 5.56 Å². The normalized spacial score (nSPS) is 20.9. The minimum atomic E-state index is -0.716. The molecule has 0 amide bonds. The second kappa shape index (κ2) is 8.77. The van der Waals surface area contributed by atoms with E-state index < -0.39 is 10.9 Å². The third kappa shape index (κ3) is 5.40. The number of carbonyl (C=O) groups is 1. The van der Waals surface area contributed by atoms with Crippen molar-refractivity contribution in [1.29, 1.82) is 0 Å². The fraction of sp³-hybridized carbons (Fsp3) is 0.588. The van der Waals surface area contributed by atoms with Crippen molar-refractivity contribution < 1.29 is 19.2 Å². The molecule has 8 nitrogen and oxygen atoms in total. The number of hydrogen-bond acceptors (Lipinski definition) is 7. The van der Waals surface area contributed by atoms with Crippen molar-refractivity contribution in [3.8, 4) is 0 Å². The molecule has 25 heavy (non-hydrogen) atoms. The summed E-state index contributed by atoms with van der Waals surface area (Å²) in [6.45, 7) is 7.65. The van der Waals surface area contributed by atoms with E-state index in [0.717, 1.165) is 26.1 Å². The number of carbonyl (C=O) groups excluding carboxylic acids is 1. The van der Waals surface area contributed by atoms with Crippen molar-refractivity contribution in [2.75, 3.05) is 38.6 Å². The molecule has 1 fully saturated rings. The second-order valence-corrected chi connectivity index (χ2v) is 6.28. The molecule has 0 saturated carbocycles. The van der Waals surface area contributed by atoms with Crippen LogP contribution in [0.5, 0.6) is 0 Å². The summed E-state index contributed by atoms with van der Waals surface area (Å²) < 4.78 is 10.3. The molecule has 0 aliphatic carbocycles. The number of nitrogens with zero attached hydrogens (tertiary/aromatic N) is 2. The van der Waals surface area contributed by atoms with Gasteiger partial charge in [-0.15, -0.1) is 0 Å². The smallest absolute Gasteiger partial charge is 0.344 e. The lowest BCUT2D eigenvalue weighted by molar-refractivity contribution is -0.385. The highest BCUT2D eigenvalue weighted by Crippen LogP contribution is 2.23. The Morgan fingerprint density at radius 3 is 2.68 bits per heavy atom. The maximum absolute atomic E-state index is 11.7. The molecule has 138 valence electrons. The molecule has 0 aromatic heterocycles. The Kier molecular flexibility index (Phi) is 6.72. The molecular weight excluding hydrogens is 326 g/mol. The summed E-state index contributed by atoms with van der Waals surface area (Å²) in [5.74, 6) is -0.716. The Bertz CT molecular complexity index is 612. The maximum atomic E-state index is 11.7. The van der Waals surface area contributed by atoms with Gasteiger partial charge in [0.15, 0.2) is 0 Å². The molecule has 0 spiro atoms. The fourth-order valence-electron chi connectivity index (χ4n) is 3.08. The molecule has 1 aliphatic heterocycles. The molecule has 1 saturated heterocycles. The van der Waals surface area contributed by atoms with Gasteiger partial charge in [0, 0.05) is 37.9 Å². The predicted octanol–water partition coefficient (Wildman–Crippen LogP) is 2.29. The van der Waals surface area contributed by atoms with Gasteiger partial charge in [-0.1, -0.05) is 0 Å².